The molecule has 0 amide bonds. The second-order valence-corrected chi connectivity index (χ2v) is 7.83. The maximum atomic E-state index is 12.4. The first-order valence-electron chi connectivity index (χ1n) is 10.8. The molecule has 3 nitrogen and oxygen atoms in total. The van der Waals surface area contributed by atoms with Gasteiger partial charge >= 0.3 is 5.97 Å². The SMILES string of the molecule is CCCCCCCCCCOC(=O)[C@@H]1CCCN1C1CCCCC1. The number of hydrogen-bond donors (Lipinski definition) is 0. The molecular formula is C21H39NO2. The van der Waals surface area contributed by atoms with Gasteiger partial charge in [-0.1, -0.05) is 71.1 Å². The van der Waals surface area contributed by atoms with E-state index in [-0.39, 0.29) is 12.0 Å². The minimum absolute atomic E-state index is 0.0565. The third-order valence-corrected chi connectivity index (χ3v) is 5.85. The number of carbonyl (C=O) groups is 1. The molecule has 1 atom stereocenters. The molecule has 0 radical (unpaired) electrons. The maximum absolute atomic E-state index is 12.4. The Hall–Kier alpha value is -0.570. The predicted octanol–water partition coefficient (Wildman–Crippen LogP) is 5.47. The number of likely N-dealkylation sites (tertiary alicyclic amines) is 1. The van der Waals surface area contributed by atoms with Gasteiger partial charge in [0, 0.05) is 6.04 Å². The van der Waals surface area contributed by atoms with E-state index >= 15 is 0 Å². The fourth-order valence-electron chi connectivity index (χ4n) is 4.40. The quantitative estimate of drug-likeness (QED) is 0.370. The molecule has 24 heavy (non-hydrogen) atoms. The summed E-state index contributed by atoms with van der Waals surface area (Å²) in [4.78, 5) is 14.9. The van der Waals surface area contributed by atoms with Crippen molar-refractivity contribution in [3.05, 3.63) is 0 Å². The van der Waals surface area contributed by atoms with Crippen LogP contribution in [0.1, 0.15) is 103 Å². The monoisotopic (exact) mass is 337 g/mol. The number of hydrogen-bond acceptors (Lipinski definition) is 3. The van der Waals surface area contributed by atoms with Gasteiger partial charge < -0.3 is 4.74 Å². The highest BCUT2D eigenvalue weighted by molar-refractivity contribution is 5.76. The van der Waals surface area contributed by atoms with Crippen LogP contribution in [0.4, 0.5) is 0 Å². The molecule has 2 aliphatic rings. The van der Waals surface area contributed by atoms with Crippen LogP contribution in [-0.4, -0.2) is 36.1 Å². The van der Waals surface area contributed by atoms with E-state index in [9.17, 15) is 4.79 Å². The maximum Gasteiger partial charge on any atom is 0.323 e. The van der Waals surface area contributed by atoms with Crippen molar-refractivity contribution in [2.45, 2.75) is 115 Å². The molecular weight excluding hydrogens is 298 g/mol. The average molecular weight is 338 g/mol. The summed E-state index contributed by atoms with van der Waals surface area (Å²) in [7, 11) is 0. The van der Waals surface area contributed by atoms with Crippen LogP contribution in [0.5, 0.6) is 0 Å². The van der Waals surface area contributed by atoms with E-state index in [1.807, 2.05) is 0 Å². The zero-order valence-electron chi connectivity index (χ0n) is 15.9. The number of carbonyl (C=O) groups excluding carboxylic acids is 1. The Morgan fingerprint density at radius 1 is 0.875 bits per heavy atom. The van der Waals surface area contributed by atoms with Crippen molar-refractivity contribution in [1.82, 2.24) is 4.90 Å². The van der Waals surface area contributed by atoms with Gasteiger partial charge in [0.25, 0.3) is 0 Å². The van der Waals surface area contributed by atoms with Crippen LogP contribution in [0.3, 0.4) is 0 Å². The van der Waals surface area contributed by atoms with Gasteiger partial charge in [-0.2, -0.15) is 0 Å². The van der Waals surface area contributed by atoms with Crippen LogP contribution in [0.15, 0.2) is 0 Å². The fourth-order valence-corrected chi connectivity index (χ4v) is 4.40. The van der Waals surface area contributed by atoms with E-state index in [0.29, 0.717) is 12.6 Å². The van der Waals surface area contributed by atoms with E-state index in [4.69, 9.17) is 4.74 Å². The molecule has 2 fully saturated rings. The first kappa shape index (κ1) is 19.8. The van der Waals surface area contributed by atoms with E-state index in [1.54, 1.807) is 0 Å². The number of ether oxygens (including phenoxy) is 1. The van der Waals surface area contributed by atoms with E-state index in [1.165, 1.54) is 77.0 Å². The minimum Gasteiger partial charge on any atom is -0.465 e. The van der Waals surface area contributed by atoms with Crippen LogP contribution in [-0.2, 0) is 9.53 Å². The second-order valence-electron chi connectivity index (χ2n) is 7.83. The molecule has 0 bridgehead atoms. The Kier molecular flexibility index (Phi) is 9.79. The lowest BCUT2D eigenvalue weighted by Gasteiger charge is -2.34. The molecule has 1 saturated carbocycles. The Morgan fingerprint density at radius 2 is 1.54 bits per heavy atom. The van der Waals surface area contributed by atoms with Gasteiger partial charge in [0.1, 0.15) is 6.04 Å². The van der Waals surface area contributed by atoms with Crippen LogP contribution in [0.25, 0.3) is 0 Å². The summed E-state index contributed by atoms with van der Waals surface area (Å²) in [6, 6.07) is 0.698. The van der Waals surface area contributed by atoms with Gasteiger partial charge in [-0.25, -0.2) is 0 Å². The molecule has 140 valence electrons. The van der Waals surface area contributed by atoms with Crippen molar-refractivity contribution >= 4 is 5.97 Å². The van der Waals surface area contributed by atoms with E-state index < -0.39 is 0 Å². The van der Waals surface area contributed by atoms with Crippen LogP contribution in [0.2, 0.25) is 0 Å². The topological polar surface area (TPSA) is 29.5 Å². The highest BCUT2D eigenvalue weighted by atomic mass is 16.5. The number of unbranched alkanes of at least 4 members (excludes halogenated alkanes) is 7. The van der Waals surface area contributed by atoms with Crippen molar-refractivity contribution in [2.24, 2.45) is 0 Å². The largest absolute Gasteiger partial charge is 0.465 e. The van der Waals surface area contributed by atoms with E-state index in [2.05, 4.69) is 11.8 Å². The lowest BCUT2D eigenvalue weighted by atomic mass is 9.94. The van der Waals surface area contributed by atoms with Gasteiger partial charge in [0.05, 0.1) is 6.61 Å². The van der Waals surface area contributed by atoms with Crippen molar-refractivity contribution in [1.29, 1.82) is 0 Å². The molecule has 2 rings (SSSR count). The fraction of sp³-hybridized carbons (Fsp3) is 0.952. The highest BCUT2D eigenvalue weighted by Gasteiger charge is 2.36. The molecule has 0 unspecified atom stereocenters. The molecule has 1 aliphatic heterocycles. The van der Waals surface area contributed by atoms with Crippen molar-refractivity contribution < 1.29 is 9.53 Å². The molecule has 0 N–H and O–H groups in total. The standard InChI is InChI=1S/C21H39NO2/c1-2-3-4-5-6-7-8-12-18-24-21(23)20-16-13-17-22(20)19-14-10-9-11-15-19/h19-20H,2-18H2,1H3/t20-/m0/s1. The summed E-state index contributed by atoms with van der Waals surface area (Å²) < 4.78 is 5.61. The van der Waals surface area contributed by atoms with Gasteiger partial charge in [0.2, 0.25) is 0 Å². The van der Waals surface area contributed by atoms with Crippen molar-refractivity contribution in [3.63, 3.8) is 0 Å². The molecule has 1 aliphatic carbocycles. The van der Waals surface area contributed by atoms with Crippen molar-refractivity contribution in [2.75, 3.05) is 13.2 Å². The average Bonchev–Trinajstić information content (AvgIpc) is 3.11. The summed E-state index contributed by atoms with van der Waals surface area (Å²) in [6.45, 7) is 3.99. The first-order valence-corrected chi connectivity index (χ1v) is 10.8. The second kappa shape index (κ2) is 11.9. The van der Waals surface area contributed by atoms with Gasteiger partial charge in [-0.3, -0.25) is 9.69 Å². The smallest absolute Gasteiger partial charge is 0.323 e. The zero-order valence-corrected chi connectivity index (χ0v) is 15.9. The molecule has 1 saturated heterocycles. The molecule has 0 aromatic heterocycles. The molecule has 0 aromatic carbocycles. The summed E-state index contributed by atoms with van der Waals surface area (Å²) in [5.41, 5.74) is 0. The van der Waals surface area contributed by atoms with Crippen molar-refractivity contribution in [3.8, 4) is 0 Å². The molecule has 3 heteroatoms. The molecule has 0 spiro atoms. The lowest BCUT2D eigenvalue weighted by Crippen LogP contribution is -2.44. The Bertz CT molecular complexity index is 339. The third kappa shape index (κ3) is 6.74. The van der Waals surface area contributed by atoms with E-state index in [0.717, 1.165) is 25.8 Å². The molecule has 1 heterocycles. The summed E-state index contributed by atoms with van der Waals surface area (Å²) in [5, 5.41) is 0. The minimum atomic E-state index is 0.0565. The lowest BCUT2D eigenvalue weighted by molar-refractivity contribution is -0.150. The number of esters is 1. The first-order chi connectivity index (χ1) is 11.8. The third-order valence-electron chi connectivity index (χ3n) is 5.85. The zero-order chi connectivity index (χ0) is 17.0. The predicted molar refractivity (Wildman–Crippen MR) is 100 cm³/mol. The van der Waals surface area contributed by atoms with Crippen LogP contribution in [0, 0.1) is 0 Å². The normalized spacial score (nSPS) is 22.8. The Balaban J connectivity index is 1.55. The van der Waals surface area contributed by atoms with Crippen LogP contribution < -0.4 is 0 Å². The number of nitrogens with zero attached hydrogens (tertiary/aromatic N) is 1. The molecule has 0 aromatic rings. The van der Waals surface area contributed by atoms with Gasteiger partial charge in [-0.05, 0) is 38.6 Å². The van der Waals surface area contributed by atoms with Gasteiger partial charge in [0.15, 0.2) is 0 Å². The number of rotatable bonds is 11. The summed E-state index contributed by atoms with van der Waals surface area (Å²) in [5.74, 6) is 0.0565. The summed E-state index contributed by atoms with van der Waals surface area (Å²) in [6.07, 6.45) is 19.1. The van der Waals surface area contributed by atoms with Crippen LogP contribution >= 0.6 is 0 Å². The van der Waals surface area contributed by atoms with Gasteiger partial charge in [-0.15, -0.1) is 0 Å². The Labute approximate surface area is 149 Å². The highest BCUT2D eigenvalue weighted by Crippen LogP contribution is 2.29. The Morgan fingerprint density at radius 3 is 2.25 bits per heavy atom. The summed E-state index contributed by atoms with van der Waals surface area (Å²) >= 11 is 0.